The minimum atomic E-state index is -0.338. The summed E-state index contributed by atoms with van der Waals surface area (Å²) in [6.45, 7) is 6.36. The van der Waals surface area contributed by atoms with E-state index in [4.69, 9.17) is 9.15 Å². The van der Waals surface area contributed by atoms with Gasteiger partial charge in [-0.2, -0.15) is 0 Å². The Balaban J connectivity index is 2.27. The highest BCUT2D eigenvalue weighted by Gasteiger charge is 2.12. The summed E-state index contributed by atoms with van der Waals surface area (Å²) >= 11 is 0. The van der Waals surface area contributed by atoms with Gasteiger partial charge in [0.2, 0.25) is 0 Å². The Morgan fingerprint density at radius 2 is 1.94 bits per heavy atom. The first-order chi connectivity index (χ1) is 8.60. The monoisotopic (exact) mass is 246 g/mol. The molecular formula is C15H18O3. The van der Waals surface area contributed by atoms with E-state index >= 15 is 0 Å². The van der Waals surface area contributed by atoms with Gasteiger partial charge in [0.25, 0.3) is 0 Å². The number of hydrogen-bond donors (Lipinski definition) is 0. The zero-order valence-electron chi connectivity index (χ0n) is 11.0. The standard InChI is InChI=1S/C15H18O3/c1-4-10(2)11(3)17-13-7-5-12-6-8-15(16)18-14(12)9-13/h5-11H,4H2,1-3H3. The van der Waals surface area contributed by atoms with Crippen molar-refractivity contribution < 1.29 is 9.15 Å². The van der Waals surface area contributed by atoms with Crippen molar-refractivity contribution in [3.63, 3.8) is 0 Å². The maximum Gasteiger partial charge on any atom is 0.336 e. The van der Waals surface area contributed by atoms with E-state index in [1.807, 2.05) is 12.1 Å². The van der Waals surface area contributed by atoms with Crippen LogP contribution in [0, 0.1) is 5.92 Å². The van der Waals surface area contributed by atoms with Crippen LogP contribution in [-0.4, -0.2) is 6.10 Å². The van der Waals surface area contributed by atoms with Crippen molar-refractivity contribution in [2.75, 3.05) is 0 Å². The summed E-state index contributed by atoms with van der Waals surface area (Å²) in [6, 6.07) is 8.75. The lowest BCUT2D eigenvalue weighted by Gasteiger charge is -2.20. The smallest absolute Gasteiger partial charge is 0.336 e. The first kappa shape index (κ1) is 12.7. The van der Waals surface area contributed by atoms with Crippen LogP contribution in [0.4, 0.5) is 0 Å². The highest BCUT2D eigenvalue weighted by molar-refractivity contribution is 5.77. The second-order valence-corrected chi connectivity index (χ2v) is 4.66. The third-order valence-corrected chi connectivity index (χ3v) is 3.36. The van der Waals surface area contributed by atoms with Crippen molar-refractivity contribution in [2.24, 2.45) is 5.92 Å². The Hall–Kier alpha value is -1.77. The van der Waals surface area contributed by atoms with Crippen LogP contribution in [0.15, 0.2) is 39.5 Å². The van der Waals surface area contributed by atoms with Crippen molar-refractivity contribution in [3.8, 4) is 5.75 Å². The van der Waals surface area contributed by atoms with E-state index in [9.17, 15) is 4.79 Å². The Kier molecular flexibility index (Phi) is 3.70. The quantitative estimate of drug-likeness (QED) is 0.774. The molecule has 0 spiro atoms. The molecule has 0 aliphatic carbocycles. The molecule has 3 heteroatoms. The Bertz CT molecular complexity index is 586. The molecule has 0 aliphatic heterocycles. The number of benzene rings is 1. The van der Waals surface area contributed by atoms with Gasteiger partial charge in [0, 0.05) is 17.5 Å². The van der Waals surface area contributed by atoms with Crippen molar-refractivity contribution in [1.82, 2.24) is 0 Å². The van der Waals surface area contributed by atoms with Gasteiger partial charge in [-0.3, -0.25) is 0 Å². The van der Waals surface area contributed by atoms with Gasteiger partial charge in [-0.05, 0) is 31.0 Å². The maximum atomic E-state index is 11.2. The third kappa shape index (κ3) is 2.73. The first-order valence-corrected chi connectivity index (χ1v) is 6.30. The second kappa shape index (κ2) is 5.25. The fraction of sp³-hybridized carbons (Fsp3) is 0.400. The molecule has 0 bridgehead atoms. The maximum absolute atomic E-state index is 11.2. The van der Waals surface area contributed by atoms with Crippen molar-refractivity contribution >= 4 is 11.0 Å². The topological polar surface area (TPSA) is 39.4 Å². The molecular weight excluding hydrogens is 228 g/mol. The lowest BCUT2D eigenvalue weighted by molar-refractivity contribution is 0.158. The predicted molar refractivity (Wildman–Crippen MR) is 72.0 cm³/mol. The zero-order chi connectivity index (χ0) is 13.1. The van der Waals surface area contributed by atoms with Crippen LogP contribution < -0.4 is 10.4 Å². The fourth-order valence-electron chi connectivity index (χ4n) is 1.78. The van der Waals surface area contributed by atoms with E-state index in [2.05, 4.69) is 20.8 Å². The Labute approximate surface area is 106 Å². The van der Waals surface area contributed by atoms with Crippen LogP contribution in [0.25, 0.3) is 11.0 Å². The molecule has 0 aliphatic rings. The highest BCUT2D eigenvalue weighted by atomic mass is 16.5. The predicted octanol–water partition coefficient (Wildman–Crippen LogP) is 3.61. The Morgan fingerprint density at radius 1 is 1.22 bits per heavy atom. The molecule has 2 aromatic rings. The van der Waals surface area contributed by atoms with Crippen LogP contribution in [-0.2, 0) is 0 Å². The third-order valence-electron chi connectivity index (χ3n) is 3.36. The van der Waals surface area contributed by atoms with Gasteiger partial charge in [0.15, 0.2) is 0 Å². The van der Waals surface area contributed by atoms with Gasteiger partial charge >= 0.3 is 5.63 Å². The van der Waals surface area contributed by atoms with Gasteiger partial charge in [-0.15, -0.1) is 0 Å². The van der Waals surface area contributed by atoms with Crippen LogP contribution in [0.1, 0.15) is 27.2 Å². The lowest BCUT2D eigenvalue weighted by atomic mass is 10.0. The molecule has 18 heavy (non-hydrogen) atoms. The van der Waals surface area contributed by atoms with Gasteiger partial charge in [-0.1, -0.05) is 20.3 Å². The molecule has 0 saturated heterocycles. The molecule has 2 atom stereocenters. The molecule has 0 amide bonds. The first-order valence-electron chi connectivity index (χ1n) is 6.30. The molecule has 0 radical (unpaired) electrons. The minimum absolute atomic E-state index is 0.142. The summed E-state index contributed by atoms with van der Waals surface area (Å²) in [5.41, 5.74) is 0.228. The highest BCUT2D eigenvalue weighted by Crippen LogP contribution is 2.22. The summed E-state index contributed by atoms with van der Waals surface area (Å²) in [7, 11) is 0. The molecule has 2 unspecified atom stereocenters. The average Bonchev–Trinajstić information content (AvgIpc) is 2.37. The number of rotatable bonds is 4. The minimum Gasteiger partial charge on any atom is -0.490 e. The molecule has 1 heterocycles. The molecule has 3 nitrogen and oxygen atoms in total. The largest absolute Gasteiger partial charge is 0.490 e. The summed E-state index contributed by atoms with van der Waals surface area (Å²) in [6.07, 6.45) is 1.21. The molecule has 0 N–H and O–H groups in total. The van der Waals surface area contributed by atoms with E-state index in [1.54, 1.807) is 12.1 Å². The summed E-state index contributed by atoms with van der Waals surface area (Å²) in [5.74, 6) is 1.23. The van der Waals surface area contributed by atoms with E-state index < -0.39 is 0 Å². The number of hydrogen-bond acceptors (Lipinski definition) is 3. The van der Waals surface area contributed by atoms with Crippen LogP contribution in [0.2, 0.25) is 0 Å². The normalized spacial score (nSPS) is 14.4. The summed E-state index contributed by atoms with van der Waals surface area (Å²) in [4.78, 5) is 11.2. The lowest BCUT2D eigenvalue weighted by Crippen LogP contribution is -2.20. The van der Waals surface area contributed by atoms with Crippen molar-refractivity contribution in [3.05, 3.63) is 40.8 Å². The fourth-order valence-corrected chi connectivity index (χ4v) is 1.78. The molecule has 96 valence electrons. The van der Waals surface area contributed by atoms with E-state index in [0.717, 1.165) is 17.6 Å². The van der Waals surface area contributed by atoms with Crippen molar-refractivity contribution in [1.29, 1.82) is 0 Å². The molecule has 0 fully saturated rings. The van der Waals surface area contributed by atoms with Gasteiger partial charge < -0.3 is 9.15 Å². The van der Waals surface area contributed by atoms with Gasteiger partial charge in [0.05, 0.1) is 6.10 Å². The van der Waals surface area contributed by atoms with Crippen LogP contribution in [0.5, 0.6) is 5.75 Å². The Morgan fingerprint density at radius 3 is 2.67 bits per heavy atom. The van der Waals surface area contributed by atoms with E-state index in [-0.39, 0.29) is 11.7 Å². The molecule has 0 saturated carbocycles. The van der Waals surface area contributed by atoms with Crippen LogP contribution in [0.3, 0.4) is 0 Å². The second-order valence-electron chi connectivity index (χ2n) is 4.66. The average molecular weight is 246 g/mol. The van der Waals surface area contributed by atoms with Crippen LogP contribution >= 0.6 is 0 Å². The molecule has 1 aromatic carbocycles. The zero-order valence-corrected chi connectivity index (χ0v) is 11.0. The number of fused-ring (bicyclic) bond motifs is 1. The molecule has 1 aromatic heterocycles. The summed E-state index contributed by atoms with van der Waals surface area (Å²) in [5, 5.41) is 0.901. The van der Waals surface area contributed by atoms with E-state index in [0.29, 0.717) is 11.5 Å². The SMILES string of the molecule is CCC(C)C(C)Oc1ccc2ccc(=O)oc2c1. The number of ether oxygens (including phenoxy) is 1. The summed E-state index contributed by atoms with van der Waals surface area (Å²) < 4.78 is 11.0. The molecule has 2 rings (SSSR count). The van der Waals surface area contributed by atoms with Gasteiger partial charge in [-0.25, -0.2) is 4.79 Å². The van der Waals surface area contributed by atoms with Crippen molar-refractivity contribution in [2.45, 2.75) is 33.3 Å². The van der Waals surface area contributed by atoms with E-state index in [1.165, 1.54) is 6.07 Å². The van der Waals surface area contributed by atoms with Gasteiger partial charge in [0.1, 0.15) is 11.3 Å².